The topological polar surface area (TPSA) is 185 Å². The maximum absolute atomic E-state index is 14.1. The van der Waals surface area contributed by atoms with Gasteiger partial charge in [0.1, 0.15) is 22.6 Å². The van der Waals surface area contributed by atoms with Crippen LogP contribution in [0.25, 0.3) is 22.5 Å². The summed E-state index contributed by atoms with van der Waals surface area (Å²) in [6.07, 6.45) is 0. The van der Waals surface area contributed by atoms with Crippen molar-refractivity contribution in [1.82, 2.24) is 9.97 Å². The minimum Gasteiger partial charge on any atom is -0.496 e. The van der Waals surface area contributed by atoms with Crippen molar-refractivity contribution < 1.29 is 43.1 Å². The van der Waals surface area contributed by atoms with Gasteiger partial charge in [-0.2, -0.15) is 0 Å². The zero-order valence-corrected chi connectivity index (χ0v) is 25.8. The molecule has 0 unspecified atom stereocenters. The average molecular weight is 635 g/mol. The summed E-state index contributed by atoms with van der Waals surface area (Å²) in [5.41, 5.74) is -0.899. The van der Waals surface area contributed by atoms with Crippen LogP contribution in [0.1, 0.15) is 27.0 Å². The number of nitro groups is 2. The normalized spacial score (nSPS) is 10.7. The Morgan fingerprint density at radius 3 is 1.33 bits per heavy atom. The van der Waals surface area contributed by atoms with Crippen LogP contribution in [-0.2, 0) is 22.7 Å². The van der Waals surface area contributed by atoms with Crippen molar-refractivity contribution in [3.05, 3.63) is 91.0 Å². The van der Waals surface area contributed by atoms with E-state index in [0.29, 0.717) is 11.5 Å². The third-order valence-corrected chi connectivity index (χ3v) is 6.99. The molecule has 0 saturated carbocycles. The first-order chi connectivity index (χ1) is 22.1. The minimum absolute atomic E-state index is 0.0187. The molecule has 0 spiro atoms. The van der Waals surface area contributed by atoms with Crippen LogP contribution in [0.15, 0.2) is 48.5 Å². The number of ketones is 1. The third kappa shape index (κ3) is 6.55. The molecule has 2 aromatic heterocycles. The fraction of sp³-hybridized carbons (Fsp3) is 0.258. The molecule has 2 aromatic carbocycles. The molecule has 240 valence electrons. The first kappa shape index (κ1) is 33.2. The number of benzene rings is 2. The number of hydrogen-bond acceptors (Lipinski definition) is 13. The monoisotopic (exact) mass is 634 g/mol. The number of nitrogens with zero attached hydrogens (tertiary/aromatic N) is 4. The van der Waals surface area contributed by atoms with Crippen LogP contribution in [0.2, 0.25) is 0 Å². The van der Waals surface area contributed by atoms with E-state index in [9.17, 15) is 25.0 Å². The molecule has 0 fully saturated rings. The molecule has 0 radical (unpaired) electrons. The smallest absolute Gasteiger partial charge is 0.286 e. The van der Waals surface area contributed by atoms with Crippen LogP contribution in [0.5, 0.6) is 23.3 Å². The zero-order valence-electron chi connectivity index (χ0n) is 25.8. The summed E-state index contributed by atoms with van der Waals surface area (Å²) in [4.78, 5) is 46.6. The minimum atomic E-state index is -0.960. The molecule has 0 bridgehead atoms. The van der Waals surface area contributed by atoms with E-state index in [0.717, 1.165) is 0 Å². The lowest BCUT2D eigenvalue weighted by Crippen LogP contribution is -2.13. The summed E-state index contributed by atoms with van der Waals surface area (Å²) in [7, 11) is 8.37. The molecule has 0 N–H and O–H groups in total. The van der Waals surface area contributed by atoms with Crippen molar-refractivity contribution in [2.24, 2.45) is 0 Å². The van der Waals surface area contributed by atoms with Gasteiger partial charge in [-0.3, -0.25) is 25.0 Å². The molecular weight excluding hydrogens is 604 g/mol. The van der Waals surface area contributed by atoms with E-state index in [1.54, 1.807) is 12.1 Å². The van der Waals surface area contributed by atoms with Gasteiger partial charge in [-0.25, -0.2) is 9.97 Å². The van der Waals surface area contributed by atoms with Gasteiger partial charge < -0.3 is 28.4 Å². The molecule has 0 atom stereocenters. The molecular formula is C31H30N4O11. The lowest BCUT2D eigenvalue weighted by Gasteiger charge is -2.15. The SMILES string of the molecule is COCc1c(-c2cc(OC)cc(OC)n2)ccc(C(=O)c2ccc(-c3cc(OC)cc(OC)n3)c(COC)c2[N+](=O)[O-])c1[N+](=O)[O-]. The number of methoxy groups -OCH3 is 6. The maximum atomic E-state index is 14.1. The van der Waals surface area contributed by atoms with Crippen molar-refractivity contribution in [3.63, 3.8) is 0 Å². The van der Waals surface area contributed by atoms with Crippen LogP contribution in [0.3, 0.4) is 0 Å². The predicted molar refractivity (Wildman–Crippen MR) is 164 cm³/mol. The van der Waals surface area contributed by atoms with Crippen LogP contribution in [0.4, 0.5) is 11.4 Å². The molecule has 0 saturated heterocycles. The Balaban J connectivity index is 1.98. The number of pyridine rings is 2. The van der Waals surface area contributed by atoms with E-state index >= 15 is 0 Å². The second-order valence-electron chi connectivity index (χ2n) is 9.55. The summed E-state index contributed by atoms with van der Waals surface area (Å²) < 4.78 is 31.7. The van der Waals surface area contributed by atoms with E-state index in [1.165, 1.54) is 79.1 Å². The van der Waals surface area contributed by atoms with Gasteiger partial charge in [0.2, 0.25) is 17.5 Å². The van der Waals surface area contributed by atoms with Crippen molar-refractivity contribution in [3.8, 4) is 45.8 Å². The molecule has 46 heavy (non-hydrogen) atoms. The highest BCUT2D eigenvalue weighted by atomic mass is 16.6. The first-order valence-corrected chi connectivity index (χ1v) is 13.5. The zero-order chi connectivity index (χ0) is 33.5. The maximum Gasteiger partial charge on any atom is 0.286 e. The predicted octanol–water partition coefficient (Wildman–Crippen LogP) is 5.19. The first-order valence-electron chi connectivity index (χ1n) is 13.5. The molecule has 15 nitrogen and oxygen atoms in total. The van der Waals surface area contributed by atoms with Crippen LogP contribution in [0, 0.1) is 20.2 Å². The quantitative estimate of drug-likeness (QED) is 0.100. The highest BCUT2D eigenvalue weighted by Crippen LogP contribution is 2.40. The van der Waals surface area contributed by atoms with Crippen molar-refractivity contribution >= 4 is 17.2 Å². The Bertz CT molecular complexity index is 1640. The number of rotatable bonds is 14. The third-order valence-electron chi connectivity index (χ3n) is 6.99. The van der Waals surface area contributed by atoms with Gasteiger partial charge >= 0.3 is 0 Å². The molecule has 15 heteroatoms. The van der Waals surface area contributed by atoms with Crippen LogP contribution < -0.4 is 18.9 Å². The number of nitro benzene ring substituents is 2. The summed E-state index contributed by atoms with van der Waals surface area (Å²) >= 11 is 0. The van der Waals surface area contributed by atoms with Gasteiger partial charge in [0.05, 0.1) is 74.0 Å². The Morgan fingerprint density at radius 2 is 1.02 bits per heavy atom. The van der Waals surface area contributed by atoms with E-state index in [-0.39, 0.29) is 58.6 Å². The van der Waals surface area contributed by atoms with Crippen LogP contribution >= 0.6 is 0 Å². The molecule has 0 aliphatic heterocycles. The van der Waals surface area contributed by atoms with Crippen molar-refractivity contribution in [1.29, 1.82) is 0 Å². The van der Waals surface area contributed by atoms with E-state index < -0.39 is 38.1 Å². The fourth-order valence-electron chi connectivity index (χ4n) is 4.95. The number of carbonyl (C=O) groups is 1. The van der Waals surface area contributed by atoms with Crippen molar-refractivity contribution in [2.75, 3.05) is 42.7 Å². The lowest BCUT2D eigenvalue weighted by molar-refractivity contribution is -0.386. The average Bonchev–Trinajstić information content (AvgIpc) is 3.06. The van der Waals surface area contributed by atoms with E-state index in [1.807, 2.05) is 0 Å². The fourth-order valence-corrected chi connectivity index (χ4v) is 4.95. The summed E-state index contributed by atoms with van der Waals surface area (Å²) in [6, 6.07) is 11.5. The largest absolute Gasteiger partial charge is 0.496 e. The molecule has 4 rings (SSSR count). The highest BCUT2D eigenvalue weighted by Gasteiger charge is 2.34. The van der Waals surface area contributed by atoms with Gasteiger partial charge in [0.15, 0.2) is 0 Å². The Kier molecular flexibility index (Phi) is 10.4. The van der Waals surface area contributed by atoms with E-state index in [2.05, 4.69) is 9.97 Å². The number of ether oxygens (including phenoxy) is 6. The van der Waals surface area contributed by atoms with E-state index in [4.69, 9.17) is 28.4 Å². The number of carbonyl (C=O) groups excluding carboxylic acids is 1. The van der Waals surface area contributed by atoms with Crippen LogP contribution in [-0.4, -0.2) is 68.3 Å². The lowest BCUT2D eigenvalue weighted by atomic mass is 9.91. The molecule has 4 aromatic rings. The second kappa shape index (κ2) is 14.4. The molecule has 0 amide bonds. The standard InChI is InChI=1S/C31H30N4O11/c1-41-15-23-19(25-11-17(43-3)13-27(32-25)45-5)7-9-21(29(23)34(37)38)31(36)22-10-8-20(24(16-42-2)30(22)35(39)40)26-12-18(44-4)14-28(33-26)46-6/h7-14H,15-16H2,1-6H3. The summed E-state index contributed by atoms with van der Waals surface area (Å²) in [5, 5.41) is 25.1. The molecule has 0 aliphatic carbocycles. The Morgan fingerprint density at radius 1 is 0.630 bits per heavy atom. The summed E-state index contributed by atoms with van der Waals surface area (Å²) in [6.45, 7) is -0.569. The van der Waals surface area contributed by atoms with Gasteiger partial charge in [0, 0.05) is 49.6 Å². The van der Waals surface area contributed by atoms with Gasteiger partial charge in [0.25, 0.3) is 11.4 Å². The number of hydrogen-bond donors (Lipinski definition) is 0. The molecule has 2 heterocycles. The highest BCUT2D eigenvalue weighted by molar-refractivity contribution is 6.15. The Hall–Kier alpha value is -5.67. The number of aromatic nitrogens is 2. The second-order valence-corrected chi connectivity index (χ2v) is 9.55. The van der Waals surface area contributed by atoms with Crippen molar-refractivity contribution in [2.45, 2.75) is 13.2 Å². The Labute approximate surface area is 262 Å². The molecule has 0 aliphatic rings. The van der Waals surface area contributed by atoms with Gasteiger partial charge in [-0.05, 0) is 12.1 Å². The van der Waals surface area contributed by atoms with Gasteiger partial charge in [-0.15, -0.1) is 0 Å². The van der Waals surface area contributed by atoms with Gasteiger partial charge in [-0.1, -0.05) is 12.1 Å². The summed E-state index contributed by atoms with van der Waals surface area (Å²) in [5.74, 6) is 0.156.